The summed E-state index contributed by atoms with van der Waals surface area (Å²) in [6.45, 7) is 0. The van der Waals surface area contributed by atoms with Gasteiger partial charge in [0.25, 0.3) is 0 Å². The van der Waals surface area contributed by atoms with E-state index in [0.717, 1.165) is 0 Å². The van der Waals surface area contributed by atoms with Crippen LogP contribution in [0.4, 0.5) is 0 Å². The van der Waals surface area contributed by atoms with Crippen molar-refractivity contribution >= 4 is 0 Å². The molecule has 0 spiro atoms. The normalized spacial score (nSPS) is 10.5. The van der Waals surface area contributed by atoms with Gasteiger partial charge in [0.1, 0.15) is 0 Å². The summed E-state index contributed by atoms with van der Waals surface area (Å²) in [5.74, 6) is 0. The Balaban J connectivity index is 2.07. The molecule has 0 aliphatic rings. The van der Waals surface area contributed by atoms with Crippen LogP contribution in [0.25, 0.3) is 22.3 Å². The predicted octanol–water partition coefficient (Wildman–Crippen LogP) is 3.68. The Hall–Kier alpha value is -2.22. The lowest BCUT2D eigenvalue weighted by Crippen LogP contribution is -1.77. The molecule has 0 unspecified atom stereocenters. The first kappa shape index (κ1) is 9.04. The molecule has 2 nitrogen and oxygen atoms in total. The maximum Gasteiger partial charge on any atom is 0.00841 e. The molecule has 3 rings (SSSR count). The van der Waals surface area contributed by atoms with Crippen LogP contribution in [0.5, 0.6) is 0 Å². The first-order chi connectivity index (χ1) is 7.93. The third-order valence-corrected chi connectivity index (χ3v) is 2.73. The van der Waals surface area contributed by atoms with Gasteiger partial charge >= 0.3 is 0 Å². The molecule has 2 heteroatoms. The minimum Gasteiger partial charge on any atom is -0.367 e. The Morgan fingerprint density at radius 1 is 0.625 bits per heavy atom. The molecule has 0 saturated carbocycles. The van der Waals surface area contributed by atoms with Crippen molar-refractivity contribution in [2.45, 2.75) is 0 Å². The van der Waals surface area contributed by atoms with Gasteiger partial charge in [-0.25, -0.2) is 0 Å². The number of H-pyrrole nitrogens is 2. The lowest BCUT2D eigenvalue weighted by atomic mass is 10.0. The molecule has 0 amide bonds. The van der Waals surface area contributed by atoms with E-state index in [0.29, 0.717) is 0 Å². The van der Waals surface area contributed by atoms with Crippen LogP contribution in [0.2, 0.25) is 0 Å². The molecular formula is C14H12N2. The highest BCUT2D eigenvalue weighted by molar-refractivity contribution is 5.72. The smallest absolute Gasteiger partial charge is 0.00841 e. The van der Waals surface area contributed by atoms with Gasteiger partial charge in [-0.1, -0.05) is 18.2 Å². The summed E-state index contributed by atoms with van der Waals surface area (Å²) in [5, 5.41) is 0. The van der Waals surface area contributed by atoms with Gasteiger partial charge in [-0.15, -0.1) is 0 Å². The molecule has 0 radical (unpaired) electrons. The fraction of sp³-hybridized carbons (Fsp3) is 0. The average Bonchev–Trinajstić information content (AvgIpc) is 3.03. The summed E-state index contributed by atoms with van der Waals surface area (Å²) in [4.78, 5) is 6.15. The fourth-order valence-electron chi connectivity index (χ4n) is 1.89. The molecule has 78 valence electrons. The van der Waals surface area contributed by atoms with Gasteiger partial charge in [0.2, 0.25) is 0 Å². The van der Waals surface area contributed by atoms with Gasteiger partial charge in [0.05, 0.1) is 0 Å². The summed E-state index contributed by atoms with van der Waals surface area (Å²) in [6, 6.07) is 12.7. The maximum atomic E-state index is 3.08. The topological polar surface area (TPSA) is 31.6 Å². The zero-order chi connectivity index (χ0) is 10.8. The lowest BCUT2D eigenvalue weighted by Gasteiger charge is -2.01. The second-order valence-corrected chi connectivity index (χ2v) is 3.78. The molecule has 2 aromatic heterocycles. The highest BCUT2D eigenvalue weighted by Gasteiger charge is 2.01. The molecule has 0 atom stereocenters. The second kappa shape index (κ2) is 3.74. The summed E-state index contributed by atoms with van der Waals surface area (Å²) < 4.78 is 0. The van der Waals surface area contributed by atoms with Crippen molar-refractivity contribution in [3.63, 3.8) is 0 Å². The average molecular weight is 208 g/mol. The van der Waals surface area contributed by atoms with E-state index < -0.39 is 0 Å². The number of hydrogen-bond donors (Lipinski definition) is 2. The van der Waals surface area contributed by atoms with Crippen LogP contribution in [0.15, 0.2) is 61.2 Å². The van der Waals surface area contributed by atoms with Crippen LogP contribution in [-0.2, 0) is 0 Å². The van der Waals surface area contributed by atoms with Gasteiger partial charge in [-0.3, -0.25) is 0 Å². The first-order valence-electron chi connectivity index (χ1n) is 5.30. The van der Waals surface area contributed by atoms with E-state index in [9.17, 15) is 0 Å². The van der Waals surface area contributed by atoms with Crippen molar-refractivity contribution in [2.24, 2.45) is 0 Å². The fourth-order valence-corrected chi connectivity index (χ4v) is 1.89. The van der Waals surface area contributed by atoms with Crippen molar-refractivity contribution in [2.75, 3.05) is 0 Å². The molecule has 3 aromatic rings. The monoisotopic (exact) mass is 208 g/mol. The molecule has 0 aliphatic carbocycles. The van der Waals surface area contributed by atoms with E-state index in [1.165, 1.54) is 22.3 Å². The molecular weight excluding hydrogens is 196 g/mol. The van der Waals surface area contributed by atoms with E-state index in [1.54, 1.807) is 0 Å². The Labute approximate surface area is 94.0 Å². The standard InChI is InChI=1S/C14H12N2/c1-2-11(13-4-6-15-9-13)8-12(3-1)14-5-7-16-10-14/h1-10,15-16H. The Kier molecular flexibility index (Phi) is 2.11. The summed E-state index contributed by atoms with van der Waals surface area (Å²) >= 11 is 0. The zero-order valence-electron chi connectivity index (χ0n) is 8.77. The number of hydrogen-bond acceptors (Lipinski definition) is 0. The molecule has 0 aliphatic heterocycles. The third-order valence-electron chi connectivity index (χ3n) is 2.73. The van der Waals surface area contributed by atoms with Gasteiger partial charge < -0.3 is 9.97 Å². The SMILES string of the molecule is c1cc(-c2cc[nH]c2)cc(-c2cc[nH]c2)c1. The molecule has 16 heavy (non-hydrogen) atoms. The maximum absolute atomic E-state index is 3.08. The van der Waals surface area contributed by atoms with Crippen LogP contribution < -0.4 is 0 Å². The van der Waals surface area contributed by atoms with Crippen LogP contribution in [0, 0.1) is 0 Å². The van der Waals surface area contributed by atoms with E-state index in [4.69, 9.17) is 0 Å². The van der Waals surface area contributed by atoms with Crippen molar-refractivity contribution in [3.05, 3.63) is 61.2 Å². The Morgan fingerprint density at radius 3 is 1.62 bits per heavy atom. The number of nitrogens with one attached hydrogen (secondary N) is 2. The second-order valence-electron chi connectivity index (χ2n) is 3.78. The molecule has 2 heterocycles. The number of aromatic amines is 2. The minimum atomic E-state index is 1.22. The van der Waals surface area contributed by atoms with Gasteiger partial charge in [-0.2, -0.15) is 0 Å². The predicted molar refractivity (Wildman–Crippen MR) is 66.0 cm³/mol. The van der Waals surface area contributed by atoms with E-state index in [2.05, 4.69) is 46.4 Å². The van der Waals surface area contributed by atoms with Crippen LogP contribution in [0.3, 0.4) is 0 Å². The van der Waals surface area contributed by atoms with Crippen LogP contribution in [-0.4, -0.2) is 9.97 Å². The van der Waals surface area contributed by atoms with E-state index in [-0.39, 0.29) is 0 Å². The van der Waals surface area contributed by atoms with E-state index >= 15 is 0 Å². The summed E-state index contributed by atoms with van der Waals surface area (Å²) in [5.41, 5.74) is 4.91. The van der Waals surface area contributed by atoms with Crippen LogP contribution >= 0.6 is 0 Å². The zero-order valence-corrected chi connectivity index (χ0v) is 8.77. The molecule has 2 N–H and O–H groups in total. The van der Waals surface area contributed by atoms with Crippen molar-refractivity contribution < 1.29 is 0 Å². The highest BCUT2D eigenvalue weighted by Crippen LogP contribution is 2.25. The quantitative estimate of drug-likeness (QED) is 0.644. The molecule has 1 aromatic carbocycles. The van der Waals surface area contributed by atoms with Gasteiger partial charge in [0.15, 0.2) is 0 Å². The largest absolute Gasteiger partial charge is 0.367 e. The number of aromatic nitrogens is 2. The highest BCUT2D eigenvalue weighted by atomic mass is 14.6. The van der Waals surface area contributed by atoms with Gasteiger partial charge in [-0.05, 0) is 40.5 Å². The van der Waals surface area contributed by atoms with E-state index in [1.807, 2.05) is 24.8 Å². The Bertz CT molecular complexity index is 513. The lowest BCUT2D eigenvalue weighted by molar-refractivity contribution is 1.41. The van der Waals surface area contributed by atoms with Crippen molar-refractivity contribution in [1.82, 2.24) is 9.97 Å². The molecule has 0 bridgehead atoms. The molecule has 0 fully saturated rings. The minimum absolute atomic E-state index is 1.22. The van der Waals surface area contributed by atoms with Crippen LogP contribution in [0.1, 0.15) is 0 Å². The van der Waals surface area contributed by atoms with Gasteiger partial charge in [0, 0.05) is 24.8 Å². The molecule has 0 saturated heterocycles. The number of rotatable bonds is 2. The number of benzene rings is 1. The van der Waals surface area contributed by atoms with Crippen molar-refractivity contribution in [3.8, 4) is 22.3 Å². The summed E-state index contributed by atoms with van der Waals surface area (Å²) in [6.07, 6.45) is 7.91. The Morgan fingerprint density at radius 2 is 1.19 bits per heavy atom. The third kappa shape index (κ3) is 1.54. The summed E-state index contributed by atoms with van der Waals surface area (Å²) in [7, 11) is 0. The first-order valence-corrected chi connectivity index (χ1v) is 5.30. The van der Waals surface area contributed by atoms with Crippen molar-refractivity contribution in [1.29, 1.82) is 0 Å².